The Bertz CT molecular complexity index is 1100. The highest BCUT2D eigenvalue weighted by Gasteiger charge is 2.60. The lowest BCUT2D eigenvalue weighted by Crippen LogP contribution is -2.35. The largest absolute Gasteiger partial charge is 0.461 e. The number of imidazole rings is 1. The van der Waals surface area contributed by atoms with Gasteiger partial charge in [-0.3, -0.25) is 4.40 Å². The molecular weight excluding hydrogens is 418 g/mol. The van der Waals surface area contributed by atoms with E-state index in [0.29, 0.717) is 4.40 Å². The first kappa shape index (κ1) is 20.7. The van der Waals surface area contributed by atoms with Gasteiger partial charge in [0.1, 0.15) is 17.0 Å². The zero-order valence-electron chi connectivity index (χ0n) is 14.2. The molecule has 0 bridgehead atoms. The molecule has 13 heteroatoms. The predicted molar refractivity (Wildman–Crippen MR) is 81.4 cm³/mol. The van der Waals surface area contributed by atoms with Gasteiger partial charge in [-0.25, -0.2) is 14.8 Å². The molecule has 29 heavy (non-hydrogen) atoms. The second-order valence-corrected chi connectivity index (χ2v) is 5.77. The number of carbonyl (C=O) groups is 1. The summed E-state index contributed by atoms with van der Waals surface area (Å²) in [5, 5.41) is -0.750. The van der Waals surface area contributed by atoms with Crippen LogP contribution in [0.5, 0.6) is 0 Å². The lowest BCUT2D eigenvalue weighted by molar-refractivity contribution is -0.291. The van der Waals surface area contributed by atoms with Crippen molar-refractivity contribution < 1.29 is 44.7 Å². The molecule has 0 N–H and O–H groups in total. The summed E-state index contributed by atoms with van der Waals surface area (Å²) < 4.78 is 111. The van der Waals surface area contributed by atoms with E-state index in [1.807, 2.05) is 0 Å². The van der Waals surface area contributed by atoms with Gasteiger partial charge in [0.15, 0.2) is 5.69 Å². The zero-order valence-corrected chi connectivity index (χ0v) is 14.2. The van der Waals surface area contributed by atoms with Crippen molar-refractivity contribution in [2.45, 2.75) is 25.2 Å². The Hall–Kier alpha value is -2.99. The number of rotatable bonds is 3. The number of nitrogens with zero attached hydrogens (tertiary/aromatic N) is 3. The molecule has 3 aromatic heterocycles. The van der Waals surface area contributed by atoms with Crippen molar-refractivity contribution in [2.75, 3.05) is 6.61 Å². The highest BCUT2D eigenvalue weighted by molar-refractivity contribution is 5.90. The third-order valence-electron chi connectivity index (χ3n) is 3.87. The van der Waals surface area contributed by atoms with E-state index < -0.39 is 46.5 Å². The van der Waals surface area contributed by atoms with E-state index in [9.17, 15) is 39.9 Å². The maximum Gasteiger partial charge on any atom is 0.459 e. The van der Waals surface area contributed by atoms with E-state index in [2.05, 4.69) is 14.7 Å². The molecule has 0 aromatic carbocycles. The Labute approximate surface area is 155 Å². The van der Waals surface area contributed by atoms with Gasteiger partial charge in [-0.15, -0.1) is 0 Å². The van der Waals surface area contributed by atoms with E-state index >= 15 is 0 Å². The summed E-state index contributed by atoms with van der Waals surface area (Å²) in [4.78, 5) is 18.7. The monoisotopic (exact) mass is 427 g/mol. The topological polar surface area (TPSA) is 56.5 Å². The number of hydrogen-bond donors (Lipinski definition) is 0. The lowest BCUT2D eigenvalue weighted by atomic mass is 10.1. The highest BCUT2D eigenvalue weighted by atomic mass is 19.4. The Kier molecular flexibility index (Phi) is 4.67. The van der Waals surface area contributed by atoms with Crippen molar-refractivity contribution in [3.63, 3.8) is 0 Å². The Balaban J connectivity index is 2.39. The number of halogens is 8. The van der Waals surface area contributed by atoms with Crippen LogP contribution >= 0.6 is 0 Å². The van der Waals surface area contributed by atoms with Gasteiger partial charge in [-0.05, 0) is 25.1 Å². The zero-order chi connectivity index (χ0) is 21.8. The number of hydrogen-bond acceptors (Lipinski definition) is 4. The fourth-order valence-corrected chi connectivity index (χ4v) is 2.57. The average Bonchev–Trinajstić information content (AvgIpc) is 3.04. The van der Waals surface area contributed by atoms with Gasteiger partial charge in [0.2, 0.25) is 0 Å². The number of esters is 1. The molecule has 5 nitrogen and oxygen atoms in total. The van der Waals surface area contributed by atoms with E-state index in [1.165, 1.54) is 6.92 Å². The first-order valence-electron chi connectivity index (χ1n) is 7.79. The molecule has 0 aliphatic carbocycles. The summed E-state index contributed by atoms with van der Waals surface area (Å²) in [6.45, 7) is 1.43. The molecule has 0 atom stereocenters. The Morgan fingerprint density at radius 1 is 1.07 bits per heavy atom. The van der Waals surface area contributed by atoms with Crippen LogP contribution < -0.4 is 0 Å². The number of aromatic nitrogens is 3. The van der Waals surface area contributed by atoms with Crippen LogP contribution in [0.2, 0.25) is 0 Å². The molecule has 0 radical (unpaired) electrons. The maximum absolute atomic E-state index is 13.7. The maximum atomic E-state index is 13.7. The molecule has 0 spiro atoms. The lowest BCUT2D eigenvalue weighted by Gasteiger charge is -2.21. The van der Waals surface area contributed by atoms with E-state index in [4.69, 9.17) is 0 Å². The van der Waals surface area contributed by atoms with Crippen LogP contribution in [0.25, 0.3) is 16.7 Å². The minimum absolute atomic E-state index is 0.0497. The van der Waals surface area contributed by atoms with Gasteiger partial charge in [0.25, 0.3) is 0 Å². The van der Waals surface area contributed by atoms with Crippen molar-refractivity contribution >= 4 is 22.6 Å². The normalized spacial score (nSPS) is 13.3. The van der Waals surface area contributed by atoms with Crippen LogP contribution in [0, 0.1) is 0 Å². The minimum Gasteiger partial charge on any atom is -0.461 e. The minimum atomic E-state index is -6.17. The SMILES string of the molecule is CCOC(=O)c1cn2c(ccc3c(C(F)(F)F)cc(C(F)(F)C(F)(F)F)nc32)n1. The molecule has 3 aromatic rings. The third-order valence-corrected chi connectivity index (χ3v) is 3.87. The van der Waals surface area contributed by atoms with Crippen LogP contribution in [-0.2, 0) is 16.8 Å². The molecule has 0 saturated carbocycles. The molecule has 0 aliphatic rings. The number of fused-ring (bicyclic) bond motifs is 3. The number of pyridine rings is 2. The second-order valence-electron chi connectivity index (χ2n) is 5.77. The fraction of sp³-hybridized carbons (Fsp3) is 0.312. The molecule has 3 heterocycles. The van der Waals surface area contributed by atoms with Gasteiger partial charge >= 0.3 is 24.2 Å². The summed E-state index contributed by atoms with van der Waals surface area (Å²) in [7, 11) is 0. The van der Waals surface area contributed by atoms with Gasteiger partial charge in [-0.1, -0.05) is 0 Å². The van der Waals surface area contributed by atoms with Crippen LogP contribution in [0.15, 0.2) is 24.4 Å². The molecule has 0 aliphatic heterocycles. The fourth-order valence-electron chi connectivity index (χ4n) is 2.57. The van der Waals surface area contributed by atoms with Gasteiger partial charge < -0.3 is 4.74 Å². The molecular formula is C16H9F8N3O2. The molecule has 0 amide bonds. The number of alkyl halides is 8. The van der Waals surface area contributed by atoms with E-state index in [-0.39, 0.29) is 24.0 Å². The molecule has 156 valence electrons. The van der Waals surface area contributed by atoms with Crippen LogP contribution in [0.3, 0.4) is 0 Å². The molecule has 0 unspecified atom stereocenters. The van der Waals surface area contributed by atoms with Crippen molar-refractivity contribution in [1.82, 2.24) is 14.4 Å². The van der Waals surface area contributed by atoms with E-state index in [0.717, 1.165) is 18.3 Å². The van der Waals surface area contributed by atoms with Crippen molar-refractivity contribution in [2.24, 2.45) is 0 Å². The van der Waals surface area contributed by atoms with Crippen LogP contribution in [0.1, 0.15) is 28.7 Å². The Morgan fingerprint density at radius 3 is 2.28 bits per heavy atom. The summed E-state index contributed by atoms with van der Waals surface area (Å²) >= 11 is 0. The first-order valence-corrected chi connectivity index (χ1v) is 7.79. The summed E-state index contributed by atoms with van der Waals surface area (Å²) in [6.07, 6.45) is -10.6. The van der Waals surface area contributed by atoms with Crippen LogP contribution in [-0.4, -0.2) is 33.1 Å². The van der Waals surface area contributed by atoms with Crippen molar-refractivity contribution in [3.8, 4) is 0 Å². The summed E-state index contributed by atoms with van der Waals surface area (Å²) in [5.41, 5.74) is -5.34. The molecule has 0 saturated heterocycles. The average molecular weight is 427 g/mol. The van der Waals surface area contributed by atoms with Crippen LogP contribution in [0.4, 0.5) is 35.1 Å². The predicted octanol–water partition coefficient (Wildman–Crippen LogP) is 4.73. The van der Waals surface area contributed by atoms with Crippen molar-refractivity contribution in [3.05, 3.63) is 41.3 Å². The van der Waals surface area contributed by atoms with Gasteiger partial charge in [0, 0.05) is 11.6 Å². The van der Waals surface area contributed by atoms with Gasteiger partial charge in [0.05, 0.1) is 12.2 Å². The molecule has 3 rings (SSSR count). The third kappa shape index (κ3) is 3.44. The Morgan fingerprint density at radius 2 is 1.72 bits per heavy atom. The van der Waals surface area contributed by atoms with Gasteiger partial charge in [-0.2, -0.15) is 35.1 Å². The second kappa shape index (κ2) is 6.52. The summed E-state index contributed by atoms with van der Waals surface area (Å²) in [6, 6.07) is 1.51. The standard InChI is InChI=1S/C16H9F8N3O2/c1-2-29-13(28)9-6-27-11(25-9)4-3-7-8(15(19,20)21)5-10(26-12(7)27)14(17,18)16(22,23)24/h3-6H,2H2,1H3. The first-order chi connectivity index (χ1) is 13.3. The smallest absolute Gasteiger partial charge is 0.459 e. The highest BCUT2D eigenvalue weighted by Crippen LogP contribution is 2.45. The number of ether oxygens (including phenoxy) is 1. The van der Waals surface area contributed by atoms with E-state index in [1.54, 1.807) is 0 Å². The number of carbonyl (C=O) groups excluding carboxylic acids is 1. The van der Waals surface area contributed by atoms with Crippen molar-refractivity contribution in [1.29, 1.82) is 0 Å². The molecule has 0 fully saturated rings. The summed E-state index contributed by atoms with van der Waals surface area (Å²) in [5.74, 6) is -6.61. The quantitative estimate of drug-likeness (QED) is 0.448.